The molecule has 102 valence electrons. The van der Waals surface area contributed by atoms with E-state index in [1.165, 1.54) is 0 Å². The number of hydrogen-bond donors (Lipinski definition) is 2. The number of nitrogens with one attached hydrogen (secondary N) is 1. The van der Waals surface area contributed by atoms with Crippen LogP contribution in [-0.4, -0.2) is 31.4 Å². The molecule has 1 saturated carbocycles. The van der Waals surface area contributed by atoms with E-state index in [4.69, 9.17) is 5.11 Å². The topological polar surface area (TPSA) is 66.4 Å². The predicted molar refractivity (Wildman–Crippen MR) is 69.3 cm³/mol. The van der Waals surface area contributed by atoms with Gasteiger partial charge in [0.2, 0.25) is 10.0 Å². The minimum atomic E-state index is -3.23. The fraction of sp³-hybridized carbons (Fsp3) is 1.00. The van der Waals surface area contributed by atoms with Gasteiger partial charge >= 0.3 is 0 Å². The summed E-state index contributed by atoms with van der Waals surface area (Å²) in [6, 6.07) is -0.196. The second kappa shape index (κ2) is 5.67. The highest BCUT2D eigenvalue weighted by Gasteiger charge is 2.34. The van der Waals surface area contributed by atoms with Crippen molar-refractivity contribution in [3.8, 4) is 0 Å². The molecule has 4 nitrogen and oxygen atoms in total. The van der Waals surface area contributed by atoms with E-state index in [-0.39, 0.29) is 23.3 Å². The van der Waals surface area contributed by atoms with Gasteiger partial charge in [-0.3, -0.25) is 0 Å². The van der Waals surface area contributed by atoms with Crippen LogP contribution in [0.3, 0.4) is 0 Å². The molecule has 1 aliphatic carbocycles. The average Bonchev–Trinajstić information content (AvgIpc) is 2.68. The van der Waals surface area contributed by atoms with Gasteiger partial charge in [0, 0.05) is 12.6 Å². The molecule has 0 aliphatic heterocycles. The maximum atomic E-state index is 12.2. The first-order valence-electron chi connectivity index (χ1n) is 6.39. The van der Waals surface area contributed by atoms with Gasteiger partial charge in [-0.25, -0.2) is 13.1 Å². The third-order valence-electron chi connectivity index (χ3n) is 3.51. The van der Waals surface area contributed by atoms with E-state index in [0.717, 1.165) is 25.7 Å². The van der Waals surface area contributed by atoms with E-state index < -0.39 is 10.0 Å². The minimum absolute atomic E-state index is 0.00905. The van der Waals surface area contributed by atoms with Gasteiger partial charge < -0.3 is 5.11 Å². The van der Waals surface area contributed by atoms with Crippen LogP contribution in [0.5, 0.6) is 0 Å². The Hall–Kier alpha value is -0.130. The van der Waals surface area contributed by atoms with Crippen molar-refractivity contribution < 1.29 is 13.5 Å². The third-order valence-corrected chi connectivity index (χ3v) is 5.47. The molecule has 1 rings (SSSR count). The molecule has 1 atom stereocenters. The number of sulfonamides is 1. The highest BCUT2D eigenvalue weighted by molar-refractivity contribution is 7.90. The fourth-order valence-electron chi connectivity index (χ4n) is 2.29. The summed E-state index contributed by atoms with van der Waals surface area (Å²) in [5, 5.41) is 8.80. The van der Waals surface area contributed by atoms with Crippen LogP contribution in [0.4, 0.5) is 0 Å². The van der Waals surface area contributed by atoms with Crippen LogP contribution >= 0.6 is 0 Å². The molecule has 0 aromatic carbocycles. The summed E-state index contributed by atoms with van der Waals surface area (Å²) in [6.07, 6.45) is 4.02. The molecular formula is C12H25NO3S. The van der Waals surface area contributed by atoms with Crippen molar-refractivity contribution in [2.24, 2.45) is 5.41 Å². The second-order valence-corrected chi connectivity index (χ2v) is 7.99. The van der Waals surface area contributed by atoms with Crippen LogP contribution in [0.2, 0.25) is 0 Å². The van der Waals surface area contributed by atoms with Crippen LogP contribution in [0, 0.1) is 5.41 Å². The summed E-state index contributed by atoms with van der Waals surface area (Å²) in [5.74, 6) is 0. The Labute approximate surface area is 105 Å². The zero-order valence-corrected chi connectivity index (χ0v) is 11.9. The Balaban J connectivity index is 2.72. The van der Waals surface area contributed by atoms with Gasteiger partial charge in [0.05, 0.1) is 5.25 Å². The zero-order chi connectivity index (χ0) is 13.1. The van der Waals surface area contributed by atoms with E-state index in [0.29, 0.717) is 6.42 Å². The van der Waals surface area contributed by atoms with Crippen LogP contribution < -0.4 is 4.72 Å². The van der Waals surface area contributed by atoms with Crippen molar-refractivity contribution in [2.45, 2.75) is 64.2 Å². The van der Waals surface area contributed by atoms with Crippen molar-refractivity contribution in [3.63, 3.8) is 0 Å². The van der Waals surface area contributed by atoms with Crippen molar-refractivity contribution in [1.82, 2.24) is 4.72 Å². The number of rotatable bonds is 5. The number of aliphatic hydroxyl groups is 1. The maximum absolute atomic E-state index is 12.2. The molecule has 2 N–H and O–H groups in total. The smallest absolute Gasteiger partial charge is 0.214 e. The van der Waals surface area contributed by atoms with Crippen molar-refractivity contribution in [3.05, 3.63) is 0 Å². The normalized spacial score (nSPS) is 20.7. The van der Waals surface area contributed by atoms with Crippen molar-refractivity contribution in [1.29, 1.82) is 0 Å². The van der Waals surface area contributed by atoms with E-state index in [1.54, 1.807) is 0 Å². The second-order valence-electron chi connectivity index (χ2n) is 6.00. The molecule has 1 fully saturated rings. The van der Waals surface area contributed by atoms with Gasteiger partial charge in [0.15, 0.2) is 0 Å². The lowest BCUT2D eigenvalue weighted by Crippen LogP contribution is -2.47. The summed E-state index contributed by atoms with van der Waals surface area (Å²) in [5.41, 5.74) is -0.172. The zero-order valence-electron chi connectivity index (χ0n) is 11.1. The Bertz CT molecular complexity index is 326. The van der Waals surface area contributed by atoms with Gasteiger partial charge in [-0.2, -0.15) is 0 Å². The van der Waals surface area contributed by atoms with E-state index in [9.17, 15) is 8.42 Å². The molecule has 0 amide bonds. The maximum Gasteiger partial charge on any atom is 0.214 e. The van der Waals surface area contributed by atoms with Crippen LogP contribution in [0.15, 0.2) is 0 Å². The van der Waals surface area contributed by atoms with E-state index >= 15 is 0 Å². The minimum Gasteiger partial charge on any atom is -0.396 e. The number of hydrogen-bond acceptors (Lipinski definition) is 3. The Morgan fingerprint density at radius 1 is 1.29 bits per heavy atom. The Kier molecular flexibility index (Phi) is 4.98. The van der Waals surface area contributed by atoms with Gasteiger partial charge in [0.1, 0.15) is 0 Å². The SMILES string of the molecule is CC(C)(C)C(CCO)NS(=O)(=O)C1CCCC1. The summed E-state index contributed by atoms with van der Waals surface area (Å²) in [4.78, 5) is 0. The molecule has 0 bridgehead atoms. The molecule has 0 heterocycles. The molecule has 0 saturated heterocycles. The highest BCUT2D eigenvalue weighted by Crippen LogP contribution is 2.27. The summed E-state index contributed by atoms with van der Waals surface area (Å²) in [7, 11) is -3.23. The first-order chi connectivity index (χ1) is 7.77. The molecule has 0 aromatic rings. The Morgan fingerprint density at radius 2 is 1.82 bits per heavy atom. The largest absolute Gasteiger partial charge is 0.396 e. The quantitative estimate of drug-likeness (QED) is 0.792. The standard InChI is InChI=1S/C12H25NO3S/c1-12(2,3)11(8-9-14)13-17(15,16)10-6-4-5-7-10/h10-11,13-14H,4-9H2,1-3H3. The predicted octanol–water partition coefficient (Wildman–Crippen LogP) is 1.65. The summed E-state index contributed by atoms with van der Waals surface area (Å²) >= 11 is 0. The molecule has 0 radical (unpaired) electrons. The molecule has 17 heavy (non-hydrogen) atoms. The molecule has 1 aliphatic rings. The third kappa shape index (κ3) is 4.23. The summed E-state index contributed by atoms with van der Waals surface area (Å²) in [6.45, 7) is 5.98. The summed E-state index contributed by atoms with van der Waals surface area (Å²) < 4.78 is 27.1. The van der Waals surface area contributed by atoms with E-state index in [2.05, 4.69) is 4.72 Å². The molecular weight excluding hydrogens is 238 g/mol. The molecule has 0 spiro atoms. The molecule has 5 heteroatoms. The fourth-order valence-corrected chi connectivity index (χ4v) is 4.31. The van der Waals surface area contributed by atoms with Crippen molar-refractivity contribution >= 4 is 10.0 Å². The first kappa shape index (κ1) is 14.9. The number of aliphatic hydroxyl groups excluding tert-OH is 1. The first-order valence-corrected chi connectivity index (χ1v) is 7.94. The van der Waals surface area contributed by atoms with Crippen LogP contribution in [0.1, 0.15) is 52.9 Å². The highest BCUT2D eigenvalue weighted by atomic mass is 32.2. The Morgan fingerprint density at radius 3 is 2.24 bits per heavy atom. The van der Waals surface area contributed by atoms with Crippen LogP contribution in [0.25, 0.3) is 0 Å². The lowest BCUT2D eigenvalue weighted by atomic mass is 9.86. The van der Waals surface area contributed by atoms with Gasteiger partial charge in [-0.05, 0) is 24.7 Å². The lowest BCUT2D eigenvalue weighted by Gasteiger charge is -2.31. The monoisotopic (exact) mass is 263 g/mol. The lowest BCUT2D eigenvalue weighted by molar-refractivity contribution is 0.214. The molecule has 0 aromatic heterocycles. The van der Waals surface area contributed by atoms with Gasteiger partial charge in [-0.1, -0.05) is 33.6 Å². The van der Waals surface area contributed by atoms with Gasteiger partial charge in [0.25, 0.3) is 0 Å². The molecule has 1 unspecified atom stereocenters. The average molecular weight is 263 g/mol. The van der Waals surface area contributed by atoms with Gasteiger partial charge in [-0.15, -0.1) is 0 Å². The van der Waals surface area contributed by atoms with Crippen LogP contribution in [-0.2, 0) is 10.0 Å². The van der Waals surface area contributed by atoms with E-state index in [1.807, 2.05) is 20.8 Å². The van der Waals surface area contributed by atoms with Crippen molar-refractivity contribution in [2.75, 3.05) is 6.61 Å².